The van der Waals surface area contributed by atoms with E-state index in [1.165, 1.54) is 13.2 Å². The minimum Gasteiger partial charge on any atom is -0.504 e. The van der Waals surface area contributed by atoms with Gasteiger partial charge in [-0.2, -0.15) is 0 Å². The van der Waals surface area contributed by atoms with Crippen molar-refractivity contribution in [1.29, 1.82) is 0 Å². The van der Waals surface area contributed by atoms with E-state index in [-0.39, 0.29) is 17.7 Å². The molecule has 1 aromatic rings. The van der Waals surface area contributed by atoms with Crippen LogP contribution in [0.5, 0.6) is 11.5 Å². The Kier molecular flexibility index (Phi) is 4.81. The van der Waals surface area contributed by atoms with Crippen molar-refractivity contribution < 1.29 is 14.6 Å². The van der Waals surface area contributed by atoms with Gasteiger partial charge in [0, 0.05) is 30.9 Å². The largest absolute Gasteiger partial charge is 0.504 e. The molecule has 1 fully saturated rings. The number of amides is 1. The summed E-state index contributed by atoms with van der Waals surface area (Å²) in [5, 5.41) is 12.4. The summed E-state index contributed by atoms with van der Waals surface area (Å²) in [7, 11) is 1.48. The standard InChI is InChI=1S/C14H21N3O3/c1-20-13-3-2-11(8-12(13)18)16-14(19)9-17-6-4-10(15)5-7-17/h2-3,8,10,18H,4-7,9,15H2,1H3,(H,16,19). The molecular weight excluding hydrogens is 258 g/mol. The Labute approximate surface area is 118 Å². The fourth-order valence-electron chi connectivity index (χ4n) is 2.28. The van der Waals surface area contributed by atoms with Gasteiger partial charge in [-0.15, -0.1) is 0 Å². The van der Waals surface area contributed by atoms with E-state index in [1.54, 1.807) is 12.1 Å². The van der Waals surface area contributed by atoms with Crippen LogP contribution in [0, 0.1) is 0 Å². The number of methoxy groups -OCH3 is 1. The third-order valence-corrected chi connectivity index (χ3v) is 3.46. The van der Waals surface area contributed by atoms with Crippen LogP contribution in [0.1, 0.15) is 12.8 Å². The van der Waals surface area contributed by atoms with Crippen LogP contribution in [0.15, 0.2) is 18.2 Å². The van der Waals surface area contributed by atoms with Crippen LogP contribution in [0.3, 0.4) is 0 Å². The number of benzene rings is 1. The topological polar surface area (TPSA) is 87.8 Å². The summed E-state index contributed by atoms with van der Waals surface area (Å²) in [6, 6.07) is 5.05. The molecule has 20 heavy (non-hydrogen) atoms. The van der Waals surface area contributed by atoms with Crippen LogP contribution < -0.4 is 15.8 Å². The maximum absolute atomic E-state index is 11.9. The Bertz CT molecular complexity index is 471. The molecule has 0 aromatic heterocycles. The van der Waals surface area contributed by atoms with Crippen molar-refractivity contribution in [3.8, 4) is 11.5 Å². The number of piperidine rings is 1. The normalized spacial score (nSPS) is 16.9. The lowest BCUT2D eigenvalue weighted by Gasteiger charge is -2.29. The molecule has 0 unspecified atom stereocenters. The van der Waals surface area contributed by atoms with Gasteiger partial charge in [-0.3, -0.25) is 9.69 Å². The number of anilines is 1. The highest BCUT2D eigenvalue weighted by Gasteiger charge is 2.18. The molecule has 0 aliphatic carbocycles. The van der Waals surface area contributed by atoms with Crippen LogP contribution >= 0.6 is 0 Å². The van der Waals surface area contributed by atoms with E-state index in [9.17, 15) is 9.90 Å². The molecule has 0 saturated carbocycles. The van der Waals surface area contributed by atoms with Crippen molar-refractivity contribution >= 4 is 11.6 Å². The first-order chi connectivity index (χ1) is 9.58. The number of phenolic OH excluding ortho intramolecular Hbond substituents is 1. The first kappa shape index (κ1) is 14.6. The maximum atomic E-state index is 11.9. The number of nitrogens with two attached hydrogens (primary N) is 1. The minimum absolute atomic E-state index is 0.00856. The van der Waals surface area contributed by atoms with Crippen LogP contribution in [0.25, 0.3) is 0 Å². The zero-order chi connectivity index (χ0) is 14.5. The molecule has 0 atom stereocenters. The number of aromatic hydroxyl groups is 1. The van der Waals surface area contributed by atoms with Gasteiger partial charge in [0.1, 0.15) is 0 Å². The minimum atomic E-state index is -0.0926. The Morgan fingerprint density at radius 1 is 1.50 bits per heavy atom. The molecule has 6 nitrogen and oxygen atoms in total. The molecule has 2 rings (SSSR count). The van der Waals surface area contributed by atoms with E-state index < -0.39 is 0 Å². The Balaban J connectivity index is 1.86. The first-order valence-electron chi connectivity index (χ1n) is 6.73. The molecule has 6 heteroatoms. The summed E-state index contributed by atoms with van der Waals surface area (Å²) in [5.41, 5.74) is 6.39. The van der Waals surface area contributed by atoms with Crippen LogP contribution in [0.4, 0.5) is 5.69 Å². The van der Waals surface area contributed by atoms with E-state index in [0.29, 0.717) is 18.0 Å². The van der Waals surface area contributed by atoms with Gasteiger partial charge in [-0.1, -0.05) is 0 Å². The quantitative estimate of drug-likeness (QED) is 0.757. The number of nitrogens with one attached hydrogen (secondary N) is 1. The monoisotopic (exact) mass is 279 g/mol. The lowest BCUT2D eigenvalue weighted by Crippen LogP contribution is -2.43. The van der Waals surface area contributed by atoms with Gasteiger partial charge in [0.2, 0.25) is 5.91 Å². The van der Waals surface area contributed by atoms with Crippen LogP contribution in [-0.2, 0) is 4.79 Å². The smallest absolute Gasteiger partial charge is 0.238 e. The molecule has 1 saturated heterocycles. The molecule has 1 amide bonds. The fourth-order valence-corrected chi connectivity index (χ4v) is 2.28. The summed E-state index contributed by atoms with van der Waals surface area (Å²) in [5.74, 6) is 0.298. The van der Waals surface area contributed by atoms with Gasteiger partial charge in [0.25, 0.3) is 0 Å². The van der Waals surface area contributed by atoms with Gasteiger partial charge in [0.05, 0.1) is 13.7 Å². The third kappa shape index (κ3) is 3.85. The molecule has 0 spiro atoms. The fraction of sp³-hybridized carbons (Fsp3) is 0.500. The van der Waals surface area contributed by atoms with Gasteiger partial charge in [-0.05, 0) is 25.0 Å². The highest BCUT2D eigenvalue weighted by atomic mass is 16.5. The van der Waals surface area contributed by atoms with Crippen LogP contribution in [-0.4, -0.2) is 48.7 Å². The number of likely N-dealkylation sites (tertiary alicyclic amines) is 1. The molecular formula is C14H21N3O3. The molecule has 110 valence electrons. The summed E-state index contributed by atoms with van der Waals surface area (Å²) in [4.78, 5) is 14.0. The van der Waals surface area contributed by atoms with E-state index in [2.05, 4.69) is 10.2 Å². The first-order valence-corrected chi connectivity index (χ1v) is 6.73. The van der Waals surface area contributed by atoms with E-state index >= 15 is 0 Å². The van der Waals surface area contributed by atoms with Gasteiger partial charge in [0.15, 0.2) is 11.5 Å². The number of hydrogen-bond donors (Lipinski definition) is 3. The number of carbonyl (C=O) groups excluding carboxylic acids is 1. The Morgan fingerprint density at radius 3 is 2.80 bits per heavy atom. The predicted molar refractivity (Wildman–Crippen MR) is 76.9 cm³/mol. The molecule has 1 aliphatic heterocycles. The van der Waals surface area contributed by atoms with Crippen molar-refractivity contribution in [3.63, 3.8) is 0 Å². The highest BCUT2D eigenvalue weighted by molar-refractivity contribution is 5.92. The second kappa shape index (κ2) is 6.58. The zero-order valence-corrected chi connectivity index (χ0v) is 11.6. The van der Waals surface area contributed by atoms with Gasteiger partial charge >= 0.3 is 0 Å². The molecule has 4 N–H and O–H groups in total. The third-order valence-electron chi connectivity index (χ3n) is 3.46. The van der Waals surface area contributed by atoms with Crippen molar-refractivity contribution in [1.82, 2.24) is 4.90 Å². The number of hydrogen-bond acceptors (Lipinski definition) is 5. The number of rotatable bonds is 4. The van der Waals surface area contributed by atoms with E-state index in [4.69, 9.17) is 10.5 Å². The molecule has 1 aromatic carbocycles. The summed E-state index contributed by atoms with van der Waals surface area (Å²) in [6.07, 6.45) is 1.85. The second-order valence-corrected chi connectivity index (χ2v) is 5.05. The molecule has 0 bridgehead atoms. The van der Waals surface area contributed by atoms with Gasteiger partial charge in [-0.25, -0.2) is 0 Å². The van der Waals surface area contributed by atoms with Crippen LogP contribution in [0.2, 0.25) is 0 Å². The molecule has 1 heterocycles. The molecule has 0 radical (unpaired) electrons. The number of ether oxygens (including phenoxy) is 1. The van der Waals surface area contributed by atoms with Gasteiger partial charge < -0.3 is 20.9 Å². The number of carbonyl (C=O) groups is 1. The molecule has 1 aliphatic rings. The number of phenols is 1. The average molecular weight is 279 g/mol. The number of nitrogens with zero attached hydrogens (tertiary/aromatic N) is 1. The summed E-state index contributed by atoms with van der Waals surface area (Å²) >= 11 is 0. The SMILES string of the molecule is COc1ccc(NC(=O)CN2CCC(N)CC2)cc1O. The van der Waals surface area contributed by atoms with E-state index in [0.717, 1.165) is 25.9 Å². The summed E-state index contributed by atoms with van der Waals surface area (Å²) < 4.78 is 4.95. The highest BCUT2D eigenvalue weighted by Crippen LogP contribution is 2.28. The Morgan fingerprint density at radius 2 is 2.20 bits per heavy atom. The average Bonchev–Trinajstić information content (AvgIpc) is 2.41. The second-order valence-electron chi connectivity index (χ2n) is 5.05. The van der Waals surface area contributed by atoms with Crippen molar-refractivity contribution in [2.24, 2.45) is 5.73 Å². The Hall–Kier alpha value is -1.79. The lowest BCUT2D eigenvalue weighted by atomic mass is 10.1. The van der Waals surface area contributed by atoms with Crippen molar-refractivity contribution in [2.75, 3.05) is 32.1 Å². The summed E-state index contributed by atoms with van der Waals surface area (Å²) in [6.45, 7) is 2.05. The maximum Gasteiger partial charge on any atom is 0.238 e. The van der Waals surface area contributed by atoms with Crippen molar-refractivity contribution in [3.05, 3.63) is 18.2 Å². The predicted octanol–water partition coefficient (Wildman–Crippen LogP) is 0.762. The van der Waals surface area contributed by atoms with Crippen molar-refractivity contribution in [2.45, 2.75) is 18.9 Å². The lowest BCUT2D eigenvalue weighted by molar-refractivity contribution is -0.117. The van der Waals surface area contributed by atoms with E-state index in [1.807, 2.05) is 0 Å². The zero-order valence-electron chi connectivity index (χ0n) is 11.6.